The Morgan fingerprint density at radius 2 is 2.04 bits per heavy atom. The smallest absolute Gasteiger partial charge is 0.292 e. The van der Waals surface area contributed by atoms with Gasteiger partial charge in [-0.05, 0) is 60.9 Å². The van der Waals surface area contributed by atoms with Crippen molar-refractivity contribution in [1.29, 1.82) is 0 Å². The number of Topliss-reactive ketones (excluding diaryl/α,β-unsaturated/α-hetero) is 1. The van der Waals surface area contributed by atoms with Crippen molar-refractivity contribution in [2.45, 2.75) is 39.0 Å². The zero-order valence-corrected chi connectivity index (χ0v) is 15.9. The molecular formula is C21H24FN3O3. The minimum absolute atomic E-state index is 0.243. The zero-order chi connectivity index (χ0) is 20.4. The number of amides is 1. The first-order valence-electron chi connectivity index (χ1n) is 9.32. The second kappa shape index (κ2) is 7.96. The molecule has 0 saturated heterocycles. The Kier molecular flexibility index (Phi) is 5.63. The number of phenols is 1. The molecule has 6 nitrogen and oxygen atoms in total. The number of rotatable bonds is 4. The van der Waals surface area contributed by atoms with Gasteiger partial charge in [0.05, 0.1) is 11.9 Å². The molecule has 148 valence electrons. The van der Waals surface area contributed by atoms with Crippen molar-refractivity contribution in [3.63, 3.8) is 0 Å². The minimum atomic E-state index is -0.709. The summed E-state index contributed by atoms with van der Waals surface area (Å²) in [4.78, 5) is 29.5. The number of pyridine rings is 1. The molecule has 1 saturated carbocycles. The highest BCUT2D eigenvalue weighted by atomic mass is 19.1. The van der Waals surface area contributed by atoms with Crippen LogP contribution in [0, 0.1) is 24.6 Å². The number of carbonyl (C=O) groups is 2. The molecule has 1 aliphatic carbocycles. The van der Waals surface area contributed by atoms with E-state index in [0.717, 1.165) is 6.42 Å². The fourth-order valence-corrected chi connectivity index (χ4v) is 3.84. The Bertz CT molecular complexity index is 916. The van der Waals surface area contributed by atoms with Gasteiger partial charge in [-0.3, -0.25) is 9.59 Å². The maximum absolute atomic E-state index is 13.4. The molecule has 3 atom stereocenters. The van der Waals surface area contributed by atoms with E-state index in [9.17, 15) is 19.1 Å². The van der Waals surface area contributed by atoms with Crippen LogP contribution in [-0.4, -0.2) is 21.8 Å². The molecule has 0 aliphatic heterocycles. The summed E-state index contributed by atoms with van der Waals surface area (Å²) in [6.07, 6.45) is 3.56. The Morgan fingerprint density at radius 3 is 2.71 bits per heavy atom. The summed E-state index contributed by atoms with van der Waals surface area (Å²) in [6, 6.07) is 5.77. The normalized spacial score (nSPS) is 21.9. The van der Waals surface area contributed by atoms with Crippen molar-refractivity contribution >= 4 is 23.2 Å². The highest BCUT2D eigenvalue weighted by molar-refractivity contribution is 6.41. The third kappa shape index (κ3) is 4.13. The summed E-state index contributed by atoms with van der Waals surface area (Å²) in [5, 5.41) is 12.3. The van der Waals surface area contributed by atoms with E-state index < -0.39 is 29.2 Å². The van der Waals surface area contributed by atoms with Gasteiger partial charge in [-0.1, -0.05) is 19.4 Å². The van der Waals surface area contributed by atoms with Crippen LogP contribution >= 0.6 is 0 Å². The van der Waals surface area contributed by atoms with Crippen LogP contribution in [0.5, 0.6) is 5.75 Å². The maximum atomic E-state index is 13.4. The van der Waals surface area contributed by atoms with Gasteiger partial charge in [-0.25, -0.2) is 9.37 Å². The van der Waals surface area contributed by atoms with Gasteiger partial charge < -0.3 is 16.2 Å². The van der Waals surface area contributed by atoms with Crippen molar-refractivity contribution in [3.8, 4) is 5.75 Å². The monoisotopic (exact) mass is 385 g/mol. The van der Waals surface area contributed by atoms with Gasteiger partial charge in [0.25, 0.3) is 5.91 Å². The number of aromatic hydroxyl groups is 1. The quantitative estimate of drug-likeness (QED) is 0.698. The average Bonchev–Trinajstić information content (AvgIpc) is 2.66. The van der Waals surface area contributed by atoms with E-state index in [0.29, 0.717) is 41.4 Å². The number of ketones is 1. The molecule has 1 unspecified atom stereocenters. The summed E-state index contributed by atoms with van der Waals surface area (Å²) in [6.45, 7) is 3.81. The molecule has 1 heterocycles. The van der Waals surface area contributed by atoms with Crippen molar-refractivity contribution < 1.29 is 19.1 Å². The molecule has 7 heteroatoms. The number of anilines is 2. The predicted molar refractivity (Wildman–Crippen MR) is 104 cm³/mol. The number of phenolic OH excluding ortho intramolecular Hbond substituents is 1. The molecule has 1 fully saturated rings. The number of benzene rings is 1. The Hall–Kier alpha value is -2.96. The second-order valence-electron chi connectivity index (χ2n) is 7.59. The average molecular weight is 385 g/mol. The summed E-state index contributed by atoms with van der Waals surface area (Å²) in [7, 11) is 0. The number of halogens is 1. The highest BCUT2D eigenvalue weighted by Crippen LogP contribution is 2.42. The zero-order valence-electron chi connectivity index (χ0n) is 15.9. The lowest BCUT2D eigenvalue weighted by atomic mass is 9.70. The second-order valence-corrected chi connectivity index (χ2v) is 7.59. The Morgan fingerprint density at radius 1 is 1.29 bits per heavy atom. The third-order valence-corrected chi connectivity index (χ3v) is 5.45. The Balaban J connectivity index is 1.82. The standard InChI is InChI=1S/C21H24FN3O3/c1-11-3-5-15(13-4-6-17(22)18(26)9-13)16(7-11)19(27)21(28)25-14-8-12(2)20(23)24-10-14/h4,6,8-11,15-16,26H,3,5,7H2,1-2H3,(H2,23,24)(H,25,28)/t11-,15+,16?/m0/s1. The number of aromatic nitrogens is 1. The first-order chi connectivity index (χ1) is 13.3. The van der Waals surface area contributed by atoms with Crippen molar-refractivity contribution in [2.75, 3.05) is 11.1 Å². The van der Waals surface area contributed by atoms with Crippen LogP contribution in [0.1, 0.15) is 43.2 Å². The first-order valence-corrected chi connectivity index (χ1v) is 9.32. The SMILES string of the molecule is Cc1cc(NC(=O)C(=O)C2C[C@@H](C)CC[C@@H]2c2ccc(F)c(O)c2)cnc1N. The van der Waals surface area contributed by atoms with Gasteiger partial charge >= 0.3 is 0 Å². The molecule has 3 rings (SSSR count). The summed E-state index contributed by atoms with van der Waals surface area (Å²) in [5.74, 6) is -2.50. The van der Waals surface area contributed by atoms with E-state index >= 15 is 0 Å². The van der Waals surface area contributed by atoms with Crippen LogP contribution < -0.4 is 11.1 Å². The van der Waals surface area contributed by atoms with Crippen molar-refractivity contribution in [1.82, 2.24) is 4.98 Å². The van der Waals surface area contributed by atoms with Crippen LogP contribution in [0.4, 0.5) is 15.9 Å². The van der Waals surface area contributed by atoms with Gasteiger partial charge in [-0.15, -0.1) is 0 Å². The lowest BCUT2D eigenvalue weighted by molar-refractivity contribution is -0.138. The fourth-order valence-electron chi connectivity index (χ4n) is 3.84. The van der Waals surface area contributed by atoms with Gasteiger partial charge in [0.1, 0.15) is 5.82 Å². The van der Waals surface area contributed by atoms with E-state index in [4.69, 9.17) is 5.73 Å². The number of carbonyl (C=O) groups excluding carboxylic acids is 2. The lowest BCUT2D eigenvalue weighted by Crippen LogP contribution is -2.36. The largest absolute Gasteiger partial charge is 0.505 e. The number of nitrogens with one attached hydrogen (secondary N) is 1. The molecule has 1 amide bonds. The van der Waals surface area contributed by atoms with Crippen LogP contribution in [0.3, 0.4) is 0 Å². The highest BCUT2D eigenvalue weighted by Gasteiger charge is 2.37. The van der Waals surface area contributed by atoms with Crippen LogP contribution in [-0.2, 0) is 9.59 Å². The van der Waals surface area contributed by atoms with E-state index in [1.165, 1.54) is 18.3 Å². The summed E-state index contributed by atoms with van der Waals surface area (Å²) in [5.41, 5.74) is 7.46. The minimum Gasteiger partial charge on any atom is -0.505 e. The van der Waals surface area contributed by atoms with Gasteiger partial charge in [0.2, 0.25) is 5.78 Å². The maximum Gasteiger partial charge on any atom is 0.292 e. The summed E-state index contributed by atoms with van der Waals surface area (Å²) >= 11 is 0. The van der Waals surface area contributed by atoms with E-state index in [1.54, 1.807) is 19.1 Å². The number of hydrogen-bond acceptors (Lipinski definition) is 5. The lowest BCUT2D eigenvalue weighted by Gasteiger charge is -2.34. The van der Waals surface area contributed by atoms with Crippen LogP contribution in [0.2, 0.25) is 0 Å². The van der Waals surface area contributed by atoms with Gasteiger partial charge in [-0.2, -0.15) is 0 Å². The summed E-state index contributed by atoms with van der Waals surface area (Å²) < 4.78 is 13.4. The van der Waals surface area contributed by atoms with Crippen molar-refractivity contribution in [3.05, 3.63) is 47.4 Å². The molecule has 28 heavy (non-hydrogen) atoms. The van der Waals surface area contributed by atoms with Crippen LogP contribution in [0.15, 0.2) is 30.5 Å². The molecule has 1 aromatic carbocycles. The van der Waals surface area contributed by atoms with E-state index in [1.807, 2.05) is 6.92 Å². The number of nitrogen functional groups attached to an aromatic ring is 1. The molecule has 4 N–H and O–H groups in total. The molecule has 2 aromatic rings. The van der Waals surface area contributed by atoms with Crippen LogP contribution in [0.25, 0.3) is 0 Å². The van der Waals surface area contributed by atoms with E-state index in [2.05, 4.69) is 10.3 Å². The molecule has 0 spiro atoms. The van der Waals surface area contributed by atoms with Crippen molar-refractivity contribution in [2.24, 2.45) is 11.8 Å². The predicted octanol–water partition coefficient (Wildman–Crippen LogP) is 3.54. The fraction of sp³-hybridized carbons (Fsp3) is 0.381. The molecular weight excluding hydrogens is 361 g/mol. The molecule has 1 aliphatic rings. The van der Waals surface area contributed by atoms with Gasteiger partial charge in [0, 0.05) is 5.92 Å². The Labute approximate surface area is 163 Å². The number of aryl methyl sites for hydroxylation is 1. The third-order valence-electron chi connectivity index (χ3n) is 5.45. The molecule has 1 aromatic heterocycles. The number of hydrogen-bond donors (Lipinski definition) is 3. The number of nitrogens with two attached hydrogens (primary N) is 1. The number of nitrogens with zero attached hydrogens (tertiary/aromatic N) is 1. The van der Waals surface area contributed by atoms with E-state index in [-0.39, 0.29) is 5.92 Å². The molecule has 0 bridgehead atoms. The molecule has 0 radical (unpaired) electrons. The topological polar surface area (TPSA) is 105 Å². The van der Waals surface area contributed by atoms with Gasteiger partial charge in [0.15, 0.2) is 11.6 Å². The first kappa shape index (κ1) is 19.8.